The molecule has 12 heteroatoms. The molecule has 3 heterocycles. The first kappa shape index (κ1) is 20.4. The molecule has 1 amide bonds. The van der Waals surface area contributed by atoms with Gasteiger partial charge in [0.1, 0.15) is 4.21 Å². The quantitative estimate of drug-likeness (QED) is 0.633. The zero-order chi connectivity index (χ0) is 21.3. The van der Waals surface area contributed by atoms with Crippen LogP contribution in [0.25, 0.3) is 11.5 Å². The van der Waals surface area contributed by atoms with Gasteiger partial charge in [-0.05, 0) is 37.5 Å². The van der Waals surface area contributed by atoms with Crippen molar-refractivity contribution in [2.75, 3.05) is 17.8 Å². The van der Waals surface area contributed by atoms with Crippen molar-refractivity contribution in [2.24, 2.45) is 0 Å². The summed E-state index contributed by atoms with van der Waals surface area (Å²) >= 11 is 0.882. The SMILES string of the molecule is O=C(c1nnc(-c2csc(S(=O)(=O)Nc3ccc(F)c(F)c3)c2)o1)N1CCCCC1. The van der Waals surface area contributed by atoms with Crippen molar-refractivity contribution < 1.29 is 26.4 Å². The number of sulfonamides is 1. The van der Waals surface area contributed by atoms with E-state index in [1.54, 1.807) is 4.90 Å². The van der Waals surface area contributed by atoms with Crippen molar-refractivity contribution in [3.05, 3.63) is 47.2 Å². The Morgan fingerprint density at radius 2 is 1.87 bits per heavy atom. The summed E-state index contributed by atoms with van der Waals surface area (Å²) in [7, 11) is -4.04. The zero-order valence-electron chi connectivity index (χ0n) is 15.5. The van der Waals surface area contributed by atoms with E-state index in [0.29, 0.717) is 18.7 Å². The molecule has 1 aromatic carbocycles. The first-order chi connectivity index (χ1) is 14.3. The Labute approximate surface area is 174 Å². The third-order valence-electron chi connectivity index (χ3n) is 4.51. The Morgan fingerprint density at radius 3 is 2.60 bits per heavy atom. The van der Waals surface area contributed by atoms with Gasteiger partial charge in [0.25, 0.3) is 10.0 Å². The number of halogens is 2. The van der Waals surface area contributed by atoms with E-state index in [1.165, 1.54) is 11.4 Å². The van der Waals surface area contributed by atoms with Gasteiger partial charge in [0.15, 0.2) is 11.6 Å². The van der Waals surface area contributed by atoms with Crippen LogP contribution in [0.4, 0.5) is 14.5 Å². The van der Waals surface area contributed by atoms with Crippen LogP contribution < -0.4 is 4.72 Å². The van der Waals surface area contributed by atoms with Gasteiger partial charge < -0.3 is 9.32 Å². The molecule has 0 saturated carbocycles. The molecule has 1 fully saturated rings. The zero-order valence-corrected chi connectivity index (χ0v) is 17.1. The molecule has 1 aliphatic heterocycles. The van der Waals surface area contributed by atoms with Crippen LogP contribution in [0.2, 0.25) is 0 Å². The van der Waals surface area contributed by atoms with E-state index < -0.39 is 21.7 Å². The Morgan fingerprint density at radius 1 is 1.10 bits per heavy atom. The van der Waals surface area contributed by atoms with Crippen LogP contribution in [-0.2, 0) is 10.0 Å². The molecule has 158 valence electrons. The number of piperidine rings is 1. The number of nitrogens with zero attached hydrogens (tertiary/aromatic N) is 3. The summed E-state index contributed by atoms with van der Waals surface area (Å²) in [6, 6.07) is 3.99. The number of hydrogen-bond acceptors (Lipinski definition) is 7. The van der Waals surface area contributed by atoms with E-state index in [0.717, 1.165) is 48.8 Å². The van der Waals surface area contributed by atoms with E-state index in [2.05, 4.69) is 14.9 Å². The molecule has 1 saturated heterocycles. The fourth-order valence-electron chi connectivity index (χ4n) is 2.99. The van der Waals surface area contributed by atoms with Gasteiger partial charge >= 0.3 is 11.8 Å². The Balaban J connectivity index is 1.51. The third kappa shape index (κ3) is 4.19. The molecule has 2 aromatic heterocycles. The normalized spacial score (nSPS) is 14.7. The highest BCUT2D eigenvalue weighted by atomic mass is 32.2. The van der Waals surface area contributed by atoms with Gasteiger partial charge in [-0.25, -0.2) is 17.2 Å². The Hall–Kier alpha value is -2.86. The van der Waals surface area contributed by atoms with E-state index in [1.807, 2.05) is 0 Å². The topological polar surface area (TPSA) is 105 Å². The lowest BCUT2D eigenvalue weighted by atomic mass is 10.1. The molecule has 1 aliphatic rings. The highest BCUT2D eigenvalue weighted by molar-refractivity contribution is 7.94. The molecule has 30 heavy (non-hydrogen) atoms. The van der Waals surface area contributed by atoms with Crippen LogP contribution in [-0.4, -0.2) is 42.5 Å². The highest BCUT2D eigenvalue weighted by Gasteiger charge is 2.25. The maximum atomic E-state index is 13.3. The summed E-state index contributed by atoms with van der Waals surface area (Å²) in [5.74, 6) is -2.73. The van der Waals surface area contributed by atoms with Crippen LogP contribution in [0.3, 0.4) is 0 Å². The van der Waals surface area contributed by atoms with Crippen LogP contribution >= 0.6 is 11.3 Å². The number of thiophene rings is 1. The van der Waals surface area contributed by atoms with E-state index in [4.69, 9.17) is 4.42 Å². The van der Waals surface area contributed by atoms with Crippen molar-refractivity contribution in [1.29, 1.82) is 0 Å². The predicted molar refractivity (Wildman–Crippen MR) is 105 cm³/mol. The van der Waals surface area contributed by atoms with Gasteiger partial charge in [-0.15, -0.1) is 21.5 Å². The fraction of sp³-hybridized carbons (Fsp3) is 0.278. The summed E-state index contributed by atoms with van der Waals surface area (Å²) in [4.78, 5) is 14.1. The van der Waals surface area contributed by atoms with Gasteiger partial charge in [-0.3, -0.25) is 9.52 Å². The lowest BCUT2D eigenvalue weighted by Gasteiger charge is -2.24. The monoisotopic (exact) mass is 454 g/mol. The summed E-state index contributed by atoms with van der Waals surface area (Å²) in [6.45, 7) is 1.26. The molecular weight excluding hydrogens is 438 g/mol. The van der Waals surface area contributed by atoms with E-state index in [9.17, 15) is 22.0 Å². The number of likely N-dealkylation sites (tertiary alicyclic amines) is 1. The highest BCUT2D eigenvalue weighted by Crippen LogP contribution is 2.29. The molecule has 0 aliphatic carbocycles. The maximum Gasteiger partial charge on any atom is 0.311 e. The maximum absolute atomic E-state index is 13.3. The molecule has 0 bridgehead atoms. The van der Waals surface area contributed by atoms with Crippen LogP contribution in [0.5, 0.6) is 0 Å². The molecule has 3 aromatic rings. The molecular formula is C18H16F2N4O4S2. The lowest BCUT2D eigenvalue weighted by Crippen LogP contribution is -2.35. The number of benzene rings is 1. The number of anilines is 1. The van der Waals surface area contributed by atoms with Crippen molar-refractivity contribution >= 4 is 33.0 Å². The third-order valence-corrected chi connectivity index (χ3v) is 7.33. The summed E-state index contributed by atoms with van der Waals surface area (Å²) in [6.07, 6.45) is 2.91. The van der Waals surface area contributed by atoms with E-state index >= 15 is 0 Å². The first-order valence-electron chi connectivity index (χ1n) is 9.03. The summed E-state index contributed by atoms with van der Waals surface area (Å²) < 4.78 is 58.9. The number of carbonyl (C=O) groups excluding carboxylic acids is 1. The first-order valence-corrected chi connectivity index (χ1v) is 11.4. The second-order valence-corrected chi connectivity index (χ2v) is 9.47. The van der Waals surface area contributed by atoms with Crippen molar-refractivity contribution in [2.45, 2.75) is 23.5 Å². The second-order valence-electron chi connectivity index (χ2n) is 6.65. The minimum Gasteiger partial charge on any atom is -0.412 e. The number of amides is 1. The average Bonchev–Trinajstić information content (AvgIpc) is 3.40. The smallest absolute Gasteiger partial charge is 0.311 e. The predicted octanol–water partition coefficient (Wildman–Crippen LogP) is 3.50. The van der Waals surface area contributed by atoms with Crippen molar-refractivity contribution in [1.82, 2.24) is 15.1 Å². The van der Waals surface area contributed by atoms with Gasteiger partial charge in [0, 0.05) is 24.5 Å². The van der Waals surface area contributed by atoms with Crippen LogP contribution in [0.1, 0.15) is 29.9 Å². The standard InChI is InChI=1S/C18H16F2N4O4S2/c19-13-5-4-12(9-14(13)20)23-30(26,27)15-8-11(10-29-15)16-21-22-17(28-16)18(25)24-6-2-1-3-7-24/h4-5,8-10,23H,1-3,6-7H2. The Bertz CT molecular complexity index is 1190. The van der Waals surface area contributed by atoms with Gasteiger partial charge in [0.2, 0.25) is 5.89 Å². The van der Waals surface area contributed by atoms with Gasteiger partial charge in [0.05, 0.1) is 11.3 Å². The van der Waals surface area contributed by atoms with Gasteiger partial charge in [-0.1, -0.05) is 0 Å². The van der Waals surface area contributed by atoms with Crippen LogP contribution in [0, 0.1) is 11.6 Å². The molecule has 0 radical (unpaired) electrons. The van der Waals surface area contributed by atoms with Crippen molar-refractivity contribution in [3.63, 3.8) is 0 Å². The molecule has 1 N–H and O–H groups in total. The Kier molecular flexibility index (Phi) is 5.52. The number of hydrogen-bond donors (Lipinski definition) is 1. The molecule has 8 nitrogen and oxygen atoms in total. The lowest BCUT2D eigenvalue weighted by molar-refractivity contribution is 0.0684. The summed E-state index contributed by atoms with van der Waals surface area (Å²) in [5.41, 5.74) is 0.215. The van der Waals surface area contributed by atoms with E-state index in [-0.39, 0.29) is 27.6 Å². The molecule has 0 atom stereocenters. The van der Waals surface area contributed by atoms with Gasteiger partial charge in [-0.2, -0.15) is 0 Å². The second kappa shape index (κ2) is 8.11. The number of nitrogens with one attached hydrogen (secondary N) is 1. The number of carbonyl (C=O) groups is 1. The fourth-order valence-corrected chi connectivity index (χ4v) is 5.20. The number of rotatable bonds is 5. The minimum atomic E-state index is -4.04. The average molecular weight is 454 g/mol. The molecule has 0 unspecified atom stereocenters. The minimum absolute atomic E-state index is 0.0147. The summed E-state index contributed by atoms with van der Waals surface area (Å²) in [5, 5.41) is 9.11. The number of aromatic nitrogens is 2. The molecule has 0 spiro atoms. The van der Waals surface area contributed by atoms with Crippen molar-refractivity contribution in [3.8, 4) is 11.5 Å². The van der Waals surface area contributed by atoms with Crippen LogP contribution in [0.15, 0.2) is 38.3 Å². The largest absolute Gasteiger partial charge is 0.412 e. The molecule has 4 rings (SSSR count).